The summed E-state index contributed by atoms with van der Waals surface area (Å²) in [6.07, 6.45) is -4.43. The summed E-state index contributed by atoms with van der Waals surface area (Å²) < 4.78 is 43.2. The van der Waals surface area contributed by atoms with Gasteiger partial charge in [0, 0.05) is 25.9 Å². The van der Waals surface area contributed by atoms with Crippen molar-refractivity contribution >= 4 is 11.6 Å². The summed E-state index contributed by atoms with van der Waals surface area (Å²) >= 11 is 0. The molecule has 1 amide bonds. The monoisotopic (exact) mass is 316 g/mol. The highest BCUT2D eigenvalue weighted by molar-refractivity contribution is 5.93. The average Bonchev–Trinajstić information content (AvgIpc) is 2.37. The Morgan fingerprint density at radius 2 is 2.00 bits per heavy atom. The first-order chi connectivity index (χ1) is 10.2. The summed E-state index contributed by atoms with van der Waals surface area (Å²) in [5.74, 6) is -0.333. The van der Waals surface area contributed by atoms with Crippen LogP contribution in [0.1, 0.15) is 11.1 Å². The fraction of sp³-hybridized carbons (Fsp3) is 0.533. The van der Waals surface area contributed by atoms with Crippen molar-refractivity contribution in [3.05, 3.63) is 29.3 Å². The van der Waals surface area contributed by atoms with E-state index in [1.807, 2.05) is 26.0 Å². The van der Waals surface area contributed by atoms with Crippen LogP contribution in [0.25, 0.3) is 0 Å². The van der Waals surface area contributed by atoms with Gasteiger partial charge in [0.15, 0.2) is 5.60 Å². The van der Waals surface area contributed by atoms with Gasteiger partial charge in [-0.1, -0.05) is 12.1 Å². The molecule has 1 aromatic rings. The minimum absolute atomic E-state index is 0.0887. The van der Waals surface area contributed by atoms with E-state index in [2.05, 4.69) is 10.1 Å². The number of ether oxygens (including phenoxy) is 1. The van der Waals surface area contributed by atoms with Gasteiger partial charge in [0.1, 0.15) is 0 Å². The van der Waals surface area contributed by atoms with Gasteiger partial charge >= 0.3 is 6.18 Å². The maximum Gasteiger partial charge on any atom is 0.419 e. The van der Waals surface area contributed by atoms with Crippen LogP contribution in [0.2, 0.25) is 0 Å². The number of anilines is 1. The molecule has 0 atom stereocenters. The molecule has 1 saturated heterocycles. The summed E-state index contributed by atoms with van der Waals surface area (Å²) in [6, 6.07) is 5.52. The minimum atomic E-state index is -4.43. The summed E-state index contributed by atoms with van der Waals surface area (Å²) in [4.78, 5) is 13.4. The molecule has 22 heavy (non-hydrogen) atoms. The number of rotatable bonds is 4. The van der Waals surface area contributed by atoms with Gasteiger partial charge in [0.2, 0.25) is 5.91 Å². The zero-order valence-corrected chi connectivity index (χ0v) is 12.8. The van der Waals surface area contributed by atoms with Crippen molar-refractivity contribution in [2.24, 2.45) is 0 Å². The largest absolute Gasteiger partial charge is 0.419 e. The van der Waals surface area contributed by atoms with E-state index in [0.717, 1.165) is 18.2 Å². The number of likely N-dealkylation sites (tertiary alicyclic amines) is 1. The Kier molecular flexibility index (Phi) is 4.49. The SMILES string of the molecule is COC1(C(F)(F)F)CN(CC(=O)Nc2cccc(C)c2C)C1. The number of amides is 1. The Morgan fingerprint density at radius 3 is 2.55 bits per heavy atom. The maximum absolute atomic E-state index is 12.9. The van der Waals surface area contributed by atoms with Gasteiger partial charge in [-0.3, -0.25) is 9.69 Å². The Hall–Kier alpha value is -1.60. The van der Waals surface area contributed by atoms with Crippen LogP contribution in [0.3, 0.4) is 0 Å². The third-order valence-corrected chi connectivity index (χ3v) is 4.11. The van der Waals surface area contributed by atoms with Crippen LogP contribution in [-0.4, -0.2) is 49.3 Å². The van der Waals surface area contributed by atoms with Gasteiger partial charge in [-0.15, -0.1) is 0 Å². The Balaban J connectivity index is 1.91. The standard InChI is InChI=1S/C15H19F3N2O2/c1-10-5-4-6-12(11(10)2)19-13(21)7-20-8-14(9-20,22-3)15(16,17)18/h4-6H,7-9H2,1-3H3,(H,19,21). The minimum Gasteiger partial charge on any atom is -0.366 e. The van der Waals surface area contributed by atoms with Gasteiger partial charge in [-0.05, 0) is 31.0 Å². The lowest BCUT2D eigenvalue weighted by molar-refractivity contribution is -0.309. The quantitative estimate of drug-likeness (QED) is 0.928. The number of nitrogens with zero attached hydrogens (tertiary/aromatic N) is 1. The second-order valence-electron chi connectivity index (χ2n) is 5.64. The molecule has 1 aromatic carbocycles. The Labute approximate surface area is 127 Å². The fourth-order valence-corrected chi connectivity index (χ4v) is 2.49. The van der Waals surface area contributed by atoms with Gasteiger partial charge in [-0.25, -0.2) is 0 Å². The van der Waals surface area contributed by atoms with Crippen LogP contribution in [0.15, 0.2) is 18.2 Å². The summed E-state index contributed by atoms with van der Waals surface area (Å²) in [5.41, 5.74) is 0.518. The zero-order valence-electron chi connectivity index (χ0n) is 12.8. The summed E-state index contributed by atoms with van der Waals surface area (Å²) in [5, 5.41) is 2.73. The zero-order chi connectivity index (χ0) is 16.5. The highest BCUT2D eigenvalue weighted by Gasteiger charge is 2.62. The smallest absolute Gasteiger partial charge is 0.366 e. The van der Waals surface area contributed by atoms with Gasteiger partial charge in [0.25, 0.3) is 0 Å². The number of nitrogens with one attached hydrogen (secondary N) is 1. The molecule has 122 valence electrons. The van der Waals surface area contributed by atoms with Crippen molar-refractivity contribution < 1.29 is 22.7 Å². The molecule has 4 nitrogen and oxygen atoms in total. The third kappa shape index (κ3) is 3.10. The molecule has 1 heterocycles. The third-order valence-electron chi connectivity index (χ3n) is 4.11. The Morgan fingerprint density at radius 1 is 1.36 bits per heavy atom. The molecular weight excluding hydrogens is 297 g/mol. The molecule has 0 radical (unpaired) electrons. The van der Waals surface area contributed by atoms with Crippen molar-refractivity contribution in [2.75, 3.05) is 32.1 Å². The molecule has 0 unspecified atom stereocenters. The van der Waals surface area contributed by atoms with Crippen molar-refractivity contribution in [3.63, 3.8) is 0 Å². The van der Waals surface area contributed by atoms with Gasteiger partial charge in [-0.2, -0.15) is 13.2 Å². The molecule has 1 aliphatic heterocycles. The lowest BCUT2D eigenvalue weighted by atomic mass is 9.93. The van der Waals surface area contributed by atoms with E-state index in [1.165, 1.54) is 4.90 Å². The predicted octanol–water partition coefficient (Wildman–Crippen LogP) is 2.51. The molecule has 7 heteroatoms. The van der Waals surface area contributed by atoms with Gasteiger partial charge < -0.3 is 10.1 Å². The van der Waals surface area contributed by atoms with Crippen LogP contribution >= 0.6 is 0 Å². The second kappa shape index (κ2) is 5.89. The number of benzene rings is 1. The number of methoxy groups -OCH3 is 1. The molecule has 2 rings (SSSR count). The number of alkyl halides is 3. The van der Waals surface area contributed by atoms with Crippen molar-refractivity contribution in [1.29, 1.82) is 0 Å². The first kappa shape index (κ1) is 16.8. The van der Waals surface area contributed by atoms with Crippen LogP contribution in [-0.2, 0) is 9.53 Å². The normalized spacial score (nSPS) is 17.9. The van der Waals surface area contributed by atoms with Gasteiger partial charge in [0.05, 0.1) is 6.54 Å². The second-order valence-corrected chi connectivity index (χ2v) is 5.64. The number of carbonyl (C=O) groups is 1. The lowest BCUT2D eigenvalue weighted by Gasteiger charge is -2.49. The average molecular weight is 316 g/mol. The number of carbonyl (C=O) groups excluding carboxylic acids is 1. The number of aryl methyl sites for hydroxylation is 1. The first-order valence-corrected chi connectivity index (χ1v) is 6.89. The molecule has 0 aliphatic carbocycles. The molecule has 1 fully saturated rings. The topological polar surface area (TPSA) is 41.6 Å². The van der Waals surface area contributed by atoms with E-state index < -0.39 is 11.8 Å². The summed E-state index contributed by atoms with van der Waals surface area (Å²) in [6.45, 7) is 3.07. The number of hydrogen-bond acceptors (Lipinski definition) is 3. The fourth-order valence-electron chi connectivity index (χ4n) is 2.49. The highest BCUT2D eigenvalue weighted by atomic mass is 19.4. The lowest BCUT2D eigenvalue weighted by Crippen LogP contribution is -2.70. The van der Waals surface area contributed by atoms with E-state index in [0.29, 0.717) is 5.69 Å². The molecule has 1 N–H and O–H groups in total. The van der Waals surface area contributed by atoms with Crippen LogP contribution < -0.4 is 5.32 Å². The van der Waals surface area contributed by atoms with E-state index in [4.69, 9.17) is 0 Å². The number of halogens is 3. The van der Waals surface area contributed by atoms with Crippen LogP contribution in [0.4, 0.5) is 18.9 Å². The van der Waals surface area contributed by atoms with Crippen LogP contribution in [0, 0.1) is 13.8 Å². The molecule has 0 bridgehead atoms. The first-order valence-electron chi connectivity index (χ1n) is 6.89. The summed E-state index contributed by atoms with van der Waals surface area (Å²) in [7, 11) is 1.04. The van der Waals surface area contributed by atoms with E-state index in [9.17, 15) is 18.0 Å². The van der Waals surface area contributed by atoms with E-state index >= 15 is 0 Å². The molecule has 0 spiro atoms. The highest BCUT2D eigenvalue weighted by Crippen LogP contribution is 2.40. The number of hydrogen-bond donors (Lipinski definition) is 1. The van der Waals surface area contributed by atoms with Crippen molar-refractivity contribution in [3.8, 4) is 0 Å². The molecule has 1 aliphatic rings. The van der Waals surface area contributed by atoms with Crippen LogP contribution in [0.5, 0.6) is 0 Å². The predicted molar refractivity (Wildman–Crippen MR) is 76.8 cm³/mol. The Bertz CT molecular complexity index is 566. The molecule has 0 saturated carbocycles. The molecular formula is C15H19F3N2O2. The van der Waals surface area contributed by atoms with Crippen molar-refractivity contribution in [1.82, 2.24) is 4.90 Å². The van der Waals surface area contributed by atoms with E-state index in [1.54, 1.807) is 6.07 Å². The van der Waals surface area contributed by atoms with Crippen molar-refractivity contribution in [2.45, 2.75) is 25.6 Å². The maximum atomic E-state index is 12.9. The van der Waals surface area contributed by atoms with E-state index in [-0.39, 0.29) is 25.5 Å². The molecule has 0 aromatic heterocycles.